The Morgan fingerprint density at radius 2 is 2.12 bits per heavy atom. The second kappa shape index (κ2) is 6.15. The molecule has 0 spiro atoms. The van der Waals surface area contributed by atoms with Gasteiger partial charge in [0.15, 0.2) is 5.82 Å². The second-order valence-electron chi connectivity index (χ2n) is 5.06. The fourth-order valence-corrected chi connectivity index (χ4v) is 2.53. The first-order valence-electron chi connectivity index (χ1n) is 6.80. The van der Waals surface area contributed by atoms with Gasteiger partial charge in [-0.3, -0.25) is 0 Å². The van der Waals surface area contributed by atoms with Crippen LogP contribution in [0.3, 0.4) is 0 Å². The third kappa shape index (κ3) is 3.53. The number of nitrogens with zero attached hydrogens (tertiary/aromatic N) is 2. The van der Waals surface area contributed by atoms with Crippen LogP contribution in [-0.4, -0.2) is 15.2 Å². The van der Waals surface area contributed by atoms with Gasteiger partial charge in [-0.2, -0.15) is 4.98 Å². The van der Waals surface area contributed by atoms with Gasteiger partial charge in [0.25, 0.3) is 0 Å². The Kier molecular flexibility index (Phi) is 4.54. The molecule has 2 rings (SSSR count). The molecule has 4 nitrogen and oxygen atoms in total. The minimum Gasteiger partial charge on any atom is -0.385 e. The highest BCUT2D eigenvalue weighted by Gasteiger charge is 2.19. The van der Waals surface area contributed by atoms with Crippen LogP contribution in [0.1, 0.15) is 69.7 Å². The molecule has 1 aliphatic rings. The molecule has 1 atom stereocenters. The zero-order valence-corrected chi connectivity index (χ0v) is 10.6. The van der Waals surface area contributed by atoms with Gasteiger partial charge in [0.2, 0.25) is 5.89 Å². The van der Waals surface area contributed by atoms with E-state index in [4.69, 9.17) is 4.52 Å². The van der Waals surface area contributed by atoms with E-state index in [0.717, 1.165) is 12.8 Å². The Hall–Kier alpha value is -0.900. The molecule has 0 aliphatic heterocycles. The first kappa shape index (κ1) is 12.6. The van der Waals surface area contributed by atoms with Crippen LogP contribution in [0, 0.1) is 5.92 Å². The topological polar surface area (TPSA) is 59.2 Å². The van der Waals surface area contributed by atoms with Crippen molar-refractivity contribution in [2.24, 2.45) is 5.92 Å². The summed E-state index contributed by atoms with van der Waals surface area (Å²) < 4.78 is 5.21. The Morgan fingerprint density at radius 1 is 1.35 bits per heavy atom. The fraction of sp³-hybridized carbons (Fsp3) is 0.846. The van der Waals surface area contributed by atoms with Gasteiger partial charge in [0, 0.05) is 6.42 Å². The molecule has 4 heteroatoms. The SMILES string of the molecule is CCCC(O)c1noc(CC2CCCCC2)n1. The van der Waals surface area contributed by atoms with Gasteiger partial charge in [-0.25, -0.2) is 0 Å². The van der Waals surface area contributed by atoms with Crippen molar-refractivity contribution in [1.29, 1.82) is 0 Å². The molecule has 0 saturated heterocycles. The van der Waals surface area contributed by atoms with Crippen LogP contribution in [0.5, 0.6) is 0 Å². The molecule has 1 unspecified atom stereocenters. The number of hydrogen-bond acceptors (Lipinski definition) is 4. The van der Waals surface area contributed by atoms with Crippen LogP contribution in [0.15, 0.2) is 4.52 Å². The highest BCUT2D eigenvalue weighted by Crippen LogP contribution is 2.26. The Labute approximate surface area is 102 Å². The average Bonchev–Trinajstić information content (AvgIpc) is 2.79. The summed E-state index contributed by atoms with van der Waals surface area (Å²) in [4.78, 5) is 4.30. The van der Waals surface area contributed by atoms with Crippen LogP contribution in [0.25, 0.3) is 0 Å². The van der Waals surface area contributed by atoms with E-state index in [1.165, 1.54) is 32.1 Å². The maximum atomic E-state index is 9.75. The summed E-state index contributed by atoms with van der Waals surface area (Å²) in [6.07, 6.45) is 8.49. The highest BCUT2D eigenvalue weighted by atomic mass is 16.5. The van der Waals surface area contributed by atoms with E-state index in [1.54, 1.807) is 0 Å². The molecule has 0 radical (unpaired) electrons. The minimum atomic E-state index is -0.566. The molecule has 1 aliphatic carbocycles. The molecule has 1 saturated carbocycles. The van der Waals surface area contributed by atoms with E-state index in [1.807, 2.05) is 6.92 Å². The predicted molar refractivity (Wildman–Crippen MR) is 64.4 cm³/mol. The molecule has 0 aromatic carbocycles. The molecule has 1 N–H and O–H groups in total. The molecule has 1 aromatic rings. The quantitative estimate of drug-likeness (QED) is 0.856. The Balaban J connectivity index is 1.88. The monoisotopic (exact) mass is 238 g/mol. The van der Waals surface area contributed by atoms with Gasteiger partial charge in [-0.1, -0.05) is 37.8 Å². The predicted octanol–water partition coefficient (Wildman–Crippen LogP) is 3.03. The van der Waals surface area contributed by atoms with Crippen LogP contribution in [-0.2, 0) is 6.42 Å². The first-order valence-corrected chi connectivity index (χ1v) is 6.80. The number of rotatable bonds is 5. The standard InChI is InChI=1S/C13H22N2O2/c1-2-6-11(16)13-14-12(17-15-13)9-10-7-4-3-5-8-10/h10-11,16H,2-9H2,1H3. The summed E-state index contributed by atoms with van der Waals surface area (Å²) in [5.74, 6) is 1.85. The van der Waals surface area contributed by atoms with Crippen molar-refractivity contribution in [3.8, 4) is 0 Å². The first-order chi connectivity index (χ1) is 8.29. The van der Waals surface area contributed by atoms with Crippen LogP contribution in [0.4, 0.5) is 0 Å². The molecule has 1 fully saturated rings. The van der Waals surface area contributed by atoms with E-state index in [-0.39, 0.29) is 0 Å². The van der Waals surface area contributed by atoms with Crippen molar-refractivity contribution in [2.75, 3.05) is 0 Å². The lowest BCUT2D eigenvalue weighted by molar-refractivity contribution is 0.152. The molecular weight excluding hydrogens is 216 g/mol. The van der Waals surface area contributed by atoms with Crippen LogP contribution in [0.2, 0.25) is 0 Å². The van der Waals surface area contributed by atoms with E-state index >= 15 is 0 Å². The zero-order valence-electron chi connectivity index (χ0n) is 10.6. The van der Waals surface area contributed by atoms with Crippen molar-refractivity contribution >= 4 is 0 Å². The lowest BCUT2D eigenvalue weighted by Crippen LogP contribution is -2.09. The van der Waals surface area contributed by atoms with E-state index < -0.39 is 6.10 Å². The lowest BCUT2D eigenvalue weighted by atomic mass is 9.87. The van der Waals surface area contributed by atoms with E-state index in [0.29, 0.717) is 24.1 Å². The van der Waals surface area contributed by atoms with E-state index in [9.17, 15) is 5.11 Å². The van der Waals surface area contributed by atoms with Gasteiger partial charge in [-0.05, 0) is 25.2 Å². The Morgan fingerprint density at radius 3 is 2.82 bits per heavy atom. The van der Waals surface area contributed by atoms with E-state index in [2.05, 4.69) is 10.1 Å². The van der Waals surface area contributed by atoms with Crippen LogP contribution < -0.4 is 0 Å². The van der Waals surface area contributed by atoms with Gasteiger partial charge in [0.05, 0.1) is 0 Å². The summed E-state index contributed by atoms with van der Waals surface area (Å²) in [7, 11) is 0. The van der Waals surface area contributed by atoms with Crippen molar-refractivity contribution < 1.29 is 9.63 Å². The maximum absolute atomic E-state index is 9.75. The summed E-state index contributed by atoms with van der Waals surface area (Å²) >= 11 is 0. The van der Waals surface area contributed by atoms with Gasteiger partial charge in [0.1, 0.15) is 6.10 Å². The molecule has 1 aromatic heterocycles. The lowest BCUT2D eigenvalue weighted by Gasteiger charge is -2.19. The molecular formula is C13H22N2O2. The third-order valence-electron chi connectivity index (χ3n) is 3.53. The fourth-order valence-electron chi connectivity index (χ4n) is 2.53. The largest absolute Gasteiger partial charge is 0.385 e. The van der Waals surface area contributed by atoms with Crippen molar-refractivity contribution in [2.45, 2.75) is 64.4 Å². The van der Waals surface area contributed by atoms with Crippen LogP contribution >= 0.6 is 0 Å². The molecule has 1 heterocycles. The maximum Gasteiger partial charge on any atom is 0.227 e. The van der Waals surface area contributed by atoms with Gasteiger partial charge < -0.3 is 9.63 Å². The second-order valence-corrected chi connectivity index (χ2v) is 5.06. The number of aliphatic hydroxyl groups excluding tert-OH is 1. The minimum absolute atomic E-state index is 0.456. The molecule has 17 heavy (non-hydrogen) atoms. The summed E-state index contributed by atoms with van der Waals surface area (Å²) in [6.45, 7) is 2.03. The molecule has 0 amide bonds. The zero-order chi connectivity index (χ0) is 12.1. The summed E-state index contributed by atoms with van der Waals surface area (Å²) in [6, 6.07) is 0. The number of aliphatic hydroxyl groups is 1. The summed E-state index contributed by atoms with van der Waals surface area (Å²) in [5, 5.41) is 13.6. The normalized spacial score (nSPS) is 19.4. The van der Waals surface area contributed by atoms with Gasteiger partial charge in [-0.15, -0.1) is 0 Å². The number of hydrogen-bond donors (Lipinski definition) is 1. The highest BCUT2D eigenvalue weighted by molar-refractivity contribution is 4.92. The molecule has 0 bridgehead atoms. The van der Waals surface area contributed by atoms with Gasteiger partial charge >= 0.3 is 0 Å². The summed E-state index contributed by atoms with van der Waals surface area (Å²) in [5.41, 5.74) is 0. The third-order valence-corrected chi connectivity index (χ3v) is 3.53. The average molecular weight is 238 g/mol. The van der Waals surface area contributed by atoms with Crippen molar-refractivity contribution in [3.05, 3.63) is 11.7 Å². The molecule has 96 valence electrons. The van der Waals surface area contributed by atoms with Crippen molar-refractivity contribution in [3.63, 3.8) is 0 Å². The van der Waals surface area contributed by atoms with Crippen molar-refractivity contribution in [1.82, 2.24) is 10.1 Å². The smallest absolute Gasteiger partial charge is 0.227 e. The Bertz CT molecular complexity index is 332. The number of aromatic nitrogens is 2.